The van der Waals surface area contributed by atoms with Crippen LogP contribution in [0.4, 0.5) is 0 Å². The van der Waals surface area contributed by atoms with Crippen LogP contribution in [0.5, 0.6) is 5.75 Å². The first-order valence-electron chi connectivity index (χ1n) is 6.59. The summed E-state index contributed by atoms with van der Waals surface area (Å²) in [6.07, 6.45) is 0.869. The molecule has 0 spiro atoms. The van der Waals surface area contributed by atoms with E-state index in [2.05, 4.69) is 26.6 Å². The van der Waals surface area contributed by atoms with Crippen molar-refractivity contribution >= 4 is 39.2 Å². The first-order chi connectivity index (χ1) is 10.1. The second-order valence-corrected chi connectivity index (χ2v) is 5.52. The summed E-state index contributed by atoms with van der Waals surface area (Å²) in [7, 11) is 1.60. The zero-order valence-corrected chi connectivity index (χ0v) is 14.5. The maximum Gasteiger partial charge on any atom is 0.261 e. The fourth-order valence-corrected chi connectivity index (χ4v) is 2.05. The molecule has 1 amide bonds. The lowest BCUT2D eigenvalue weighted by atomic mass is 10.2. The molecule has 0 saturated carbocycles. The first kappa shape index (κ1) is 17.9. The van der Waals surface area contributed by atoms with Gasteiger partial charge in [0.2, 0.25) is 0 Å². The average molecular weight is 375 g/mol. The molecule has 1 rings (SSSR count). The maximum absolute atomic E-state index is 12.3. The Hall–Kier alpha value is -1.18. The summed E-state index contributed by atoms with van der Waals surface area (Å²) in [5, 5.41) is 5.77. The standard InChI is InChI=1S/C14H19BrN2O3S/c1-3-7-20-12-5-4-10(15)9-11(12)13(18)17-14(21)16-6-8-19-2/h4-5,9H,3,6-8H2,1-2H3,(H2,16,17,18,21). The molecule has 0 aromatic heterocycles. The van der Waals surface area contributed by atoms with E-state index in [0.717, 1.165) is 10.9 Å². The van der Waals surface area contributed by atoms with Crippen LogP contribution in [-0.4, -0.2) is 37.9 Å². The molecule has 2 N–H and O–H groups in total. The van der Waals surface area contributed by atoms with Gasteiger partial charge in [-0.15, -0.1) is 0 Å². The summed E-state index contributed by atoms with van der Waals surface area (Å²) in [5.41, 5.74) is 0.439. The molecule has 0 radical (unpaired) electrons. The smallest absolute Gasteiger partial charge is 0.261 e. The van der Waals surface area contributed by atoms with Gasteiger partial charge in [0, 0.05) is 18.1 Å². The maximum atomic E-state index is 12.3. The largest absolute Gasteiger partial charge is 0.493 e. The van der Waals surface area contributed by atoms with Gasteiger partial charge in [-0.2, -0.15) is 0 Å². The number of hydrogen-bond acceptors (Lipinski definition) is 4. The Kier molecular flexibility index (Phi) is 8.26. The van der Waals surface area contributed by atoms with E-state index in [-0.39, 0.29) is 11.0 Å². The number of thiocarbonyl (C=S) groups is 1. The van der Waals surface area contributed by atoms with E-state index in [1.165, 1.54) is 0 Å². The van der Waals surface area contributed by atoms with Crippen molar-refractivity contribution in [3.05, 3.63) is 28.2 Å². The molecule has 0 unspecified atom stereocenters. The van der Waals surface area contributed by atoms with Crippen molar-refractivity contribution < 1.29 is 14.3 Å². The van der Waals surface area contributed by atoms with Crippen molar-refractivity contribution in [3.8, 4) is 5.75 Å². The third-order valence-electron chi connectivity index (χ3n) is 2.47. The van der Waals surface area contributed by atoms with Crippen LogP contribution in [0.15, 0.2) is 22.7 Å². The number of methoxy groups -OCH3 is 1. The number of benzene rings is 1. The van der Waals surface area contributed by atoms with E-state index in [1.54, 1.807) is 19.2 Å². The number of nitrogens with one attached hydrogen (secondary N) is 2. The van der Waals surface area contributed by atoms with Crippen molar-refractivity contribution in [1.82, 2.24) is 10.6 Å². The van der Waals surface area contributed by atoms with Crippen molar-refractivity contribution in [2.45, 2.75) is 13.3 Å². The fraction of sp³-hybridized carbons (Fsp3) is 0.429. The van der Waals surface area contributed by atoms with Gasteiger partial charge in [-0.25, -0.2) is 0 Å². The number of hydrogen-bond donors (Lipinski definition) is 2. The second-order valence-electron chi connectivity index (χ2n) is 4.19. The molecule has 0 fully saturated rings. The summed E-state index contributed by atoms with van der Waals surface area (Å²) in [5.74, 6) is 0.231. The third kappa shape index (κ3) is 6.41. The van der Waals surface area contributed by atoms with Crippen LogP contribution in [0.2, 0.25) is 0 Å². The van der Waals surface area contributed by atoms with Gasteiger partial charge in [-0.05, 0) is 36.8 Å². The van der Waals surface area contributed by atoms with Crippen LogP contribution < -0.4 is 15.4 Å². The molecule has 0 atom stereocenters. The minimum Gasteiger partial charge on any atom is -0.493 e. The molecular formula is C14H19BrN2O3S. The van der Waals surface area contributed by atoms with E-state index < -0.39 is 0 Å². The Morgan fingerprint density at radius 1 is 1.38 bits per heavy atom. The molecule has 116 valence electrons. The van der Waals surface area contributed by atoms with Crippen LogP contribution in [0.3, 0.4) is 0 Å². The zero-order chi connectivity index (χ0) is 15.7. The van der Waals surface area contributed by atoms with Gasteiger partial charge < -0.3 is 14.8 Å². The van der Waals surface area contributed by atoms with Crippen LogP contribution >= 0.6 is 28.1 Å². The summed E-state index contributed by atoms with van der Waals surface area (Å²) >= 11 is 8.41. The van der Waals surface area contributed by atoms with Gasteiger partial charge in [-0.3, -0.25) is 10.1 Å². The lowest BCUT2D eigenvalue weighted by Gasteiger charge is -2.13. The number of ether oxygens (including phenoxy) is 2. The normalized spacial score (nSPS) is 10.0. The predicted molar refractivity (Wildman–Crippen MR) is 89.9 cm³/mol. The minimum absolute atomic E-state index is 0.262. The molecule has 21 heavy (non-hydrogen) atoms. The summed E-state index contributed by atoms with van der Waals surface area (Å²) in [6, 6.07) is 5.30. The lowest BCUT2D eigenvalue weighted by molar-refractivity contribution is 0.0972. The lowest BCUT2D eigenvalue weighted by Crippen LogP contribution is -2.40. The number of halogens is 1. The highest BCUT2D eigenvalue weighted by Gasteiger charge is 2.14. The molecule has 0 heterocycles. The number of rotatable bonds is 7. The molecule has 0 aliphatic rings. The van der Waals surface area contributed by atoms with Crippen LogP contribution in [0, 0.1) is 0 Å². The van der Waals surface area contributed by atoms with Gasteiger partial charge in [-0.1, -0.05) is 22.9 Å². The van der Waals surface area contributed by atoms with E-state index in [4.69, 9.17) is 21.7 Å². The van der Waals surface area contributed by atoms with Crippen molar-refractivity contribution in [1.29, 1.82) is 0 Å². The summed E-state index contributed by atoms with van der Waals surface area (Å²) in [4.78, 5) is 12.3. The van der Waals surface area contributed by atoms with Crippen molar-refractivity contribution in [2.24, 2.45) is 0 Å². The molecule has 1 aromatic carbocycles. The van der Waals surface area contributed by atoms with Gasteiger partial charge in [0.15, 0.2) is 5.11 Å². The second kappa shape index (κ2) is 9.70. The molecule has 0 bridgehead atoms. The van der Waals surface area contributed by atoms with Gasteiger partial charge in [0.25, 0.3) is 5.91 Å². The zero-order valence-electron chi connectivity index (χ0n) is 12.1. The molecule has 0 saturated heterocycles. The Balaban J connectivity index is 2.71. The summed E-state index contributed by atoms with van der Waals surface area (Å²) in [6.45, 7) is 3.61. The molecule has 0 aliphatic carbocycles. The molecule has 1 aromatic rings. The Labute approximate surface area is 138 Å². The topological polar surface area (TPSA) is 59.6 Å². The van der Waals surface area contributed by atoms with Crippen LogP contribution in [-0.2, 0) is 4.74 Å². The number of carbonyl (C=O) groups excluding carboxylic acids is 1. The first-order valence-corrected chi connectivity index (χ1v) is 7.79. The molecule has 7 heteroatoms. The van der Waals surface area contributed by atoms with Crippen molar-refractivity contribution in [2.75, 3.05) is 26.9 Å². The Morgan fingerprint density at radius 2 is 2.14 bits per heavy atom. The summed E-state index contributed by atoms with van der Waals surface area (Å²) < 4.78 is 11.3. The van der Waals surface area contributed by atoms with E-state index in [1.807, 2.05) is 13.0 Å². The third-order valence-corrected chi connectivity index (χ3v) is 3.21. The van der Waals surface area contributed by atoms with E-state index in [9.17, 15) is 4.79 Å². The number of carbonyl (C=O) groups is 1. The fourth-order valence-electron chi connectivity index (χ4n) is 1.50. The predicted octanol–water partition coefficient (Wildman–Crippen LogP) is 2.49. The SMILES string of the molecule is CCCOc1ccc(Br)cc1C(=O)NC(=S)NCCOC. The van der Waals surface area contributed by atoms with E-state index >= 15 is 0 Å². The van der Waals surface area contributed by atoms with Gasteiger partial charge >= 0.3 is 0 Å². The molecular weight excluding hydrogens is 356 g/mol. The molecule has 5 nitrogen and oxygen atoms in total. The van der Waals surface area contributed by atoms with Crippen LogP contribution in [0.25, 0.3) is 0 Å². The average Bonchev–Trinajstić information content (AvgIpc) is 2.46. The van der Waals surface area contributed by atoms with E-state index in [0.29, 0.717) is 31.1 Å². The quantitative estimate of drug-likeness (QED) is 0.567. The minimum atomic E-state index is -0.308. The highest BCUT2D eigenvalue weighted by molar-refractivity contribution is 9.10. The van der Waals surface area contributed by atoms with Gasteiger partial charge in [0.05, 0.1) is 18.8 Å². The van der Waals surface area contributed by atoms with Crippen LogP contribution in [0.1, 0.15) is 23.7 Å². The Bertz CT molecular complexity index is 497. The highest BCUT2D eigenvalue weighted by Crippen LogP contribution is 2.23. The number of amides is 1. The monoisotopic (exact) mass is 374 g/mol. The highest BCUT2D eigenvalue weighted by atomic mass is 79.9. The van der Waals surface area contributed by atoms with Crippen molar-refractivity contribution in [3.63, 3.8) is 0 Å². The van der Waals surface area contributed by atoms with Gasteiger partial charge in [0.1, 0.15) is 5.75 Å². The molecule has 0 aliphatic heterocycles. The Morgan fingerprint density at radius 3 is 2.81 bits per heavy atom.